The molecule has 1 unspecified atom stereocenters. The minimum Gasteiger partial charge on any atom is -0.467 e. The first-order chi connectivity index (χ1) is 18.0. The first-order valence-electron chi connectivity index (χ1n) is 12.9. The summed E-state index contributed by atoms with van der Waals surface area (Å²) in [6.45, 7) is 4.29. The molecule has 1 atom stereocenters. The van der Waals surface area contributed by atoms with Gasteiger partial charge >= 0.3 is 18.0 Å². The largest absolute Gasteiger partial charge is 0.467 e. The summed E-state index contributed by atoms with van der Waals surface area (Å²) in [5.74, 6) is -0.481. The highest BCUT2D eigenvalue weighted by molar-refractivity contribution is 5.92. The summed E-state index contributed by atoms with van der Waals surface area (Å²) in [5, 5.41) is 9.88. The Balaban J connectivity index is 1.35. The number of carbonyl (C=O) groups is 3. The first-order valence-corrected chi connectivity index (χ1v) is 12.9. The van der Waals surface area contributed by atoms with E-state index in [1.807, 2.05) is 35.2 Å². The molecule has 1 saturated heterocycles. The van der Waals surface area contributed by atoms with Crippen LogP contribution in [-0.2, 0) is 16.1 Å². The highest BCUT2D eigenvalue weighted by Gasteiger charge is 2.33. The van der Waals surface area contributed by atoms with Crippen LogP contribution in [0.4, 0.5) is 15.3 Å². The molecule has 1 fully saturated rings. The number of methoxy groups -OCH3 is 1. The zero-order chi connectivity index (χ0) is 26.2. The number of anilines is 1. The maximum absolute atomic E-state index is 13.1. The van der Waals surface area contributed by atoms with Gasteiger partial charge in [-0.25, -0.2) is 14.4 Å². The molecule has 1 aromatic carbocycles. The van der Waals surface area contributed by atoms with Crippen LogP contribution in [0, 0.1) is 0 Å². The van der Waals surface area contributed by atoms with Gasteiger partial charge < -0.3 is 30.6 Å². The highest BCUT2D eigenvalue weighted by Crippen LogP contribution is 2.27. The molecule has 0 bridgehead atoms. The summed E-state index contributed by atoms with van der Waals surface area (Å²) in [6, 6.07) is 6.66. The van der Waals surface area contributed by atoms with E-state index in [2.05, 4.69) is 34.2 Å². The van der Waals surface area contributed by atoms with Crippen LogP contribution in [0.3, 0.4) is 0 Å². The summed E-state index contributed by atoms with van der Waals surface area (Å²) >= 11 is 0. The lowest BCUT2D eigenvalue weighted by atomic mass is 10.0. The first kappa shape index (κ1) is 26.2. The van der Waals surface area contributed by atoms with Crippen molar-refractivity contribution in [1.82, 2.24) is 20.5 Å². The van der Waals surface area contributed by atoms with Crippen LogP contribution in [0.15, 0.2) is 52.7 Å². The lowest BCUT2D eigenvalue weighted by Gasteiger charge is -2.40. The van der Waals surface area contributed by atoms with E-state index < -0.39 is 12.0 Å². The van der Waals surface area contributed by atoms with Crippen LogP contribution in [0.25, 0.3) is 0 Å². The molecule has 0 aromatic heterocycles. The number of para-hydroxylation sites is 1. The van der Waals surface area contributed by atoms with Gasteiger partial charge in [-0.2, -0.15) is 5.10 Å². The van der Waals surface area contributed by atoms with Crippen LogP contribution in [0.1, 0.15) is 44.6 Å². The van der Waals surface area contributed by atoms with E-state index in [4.69, 9.17) is 4.74 Å². The van der Waals surface area contributed by atoms with Gasteiger partial charge in [-0.15, -0.1) is 0 Å². The van der Waals surface area contributed by atoms with Gasteiger partial charge in [-0.1, -0.05) is 43.7 Å². The number of piperidine rings is 1. The summed E-state index contributed by atoms with van der Waals surface area (Å²) in [4.78, 5) is 41.9. The molecule has 0 aliphatic carbocycles. The van der Waals surface area contributed by atoms with Crippen molar-refractivity contribution in [3.05, 3.63) is 53.1 Å². The average molecular weight is 509 g/mol. The van der Waals surface area contributed by atoms with Crippen molar-refractivity contribution in [2.45, 2.75) is 57.7 Å². The lowest BCUT2D eigenvalue weighted by molar-refractivity contribution is -0.142. The Morgan fingerprint density at radius 2 is 2.05 bits per heavy atom. The van der Waals surface area contributed by atoms with E-state index in [0.717, 1.165) is 35.2 Å². The normalized spacial score (nSPS) is 19.8. The Hall–Kier alpha value is -3.82. The fourth-order valence-electron chi connectivity index (χ4n) is 4.88. The van der Waals surface area contributed by atoms with Gasteiger partial charge in [0.05, 0.1) is 19.9 Å². The van der Waals surface area contributed by atoms with Crippen LogP contribution >= 0.6 is 0 Å². The third-order valence-corrected chi connectivity index (χ3v) is 6.95. The molecule has 3 aliphatic heterocycles. The van der Waals surface area contributed by atoms with Gasteiger partial charge in [0.2, 0.25) is 0 Å². The van der Waals surface area contributed by atoms with Gasteiger partial charge in [-0.3, -0.25) is 0 Å². The molecule has 4 amide bonds. The zero-order valence-corrected chi connectivity index (χ0v) is 21.5. The SMILES string of the molecule is CCC/C=C(\C=C1\C=NNC1)CC(NC(=O)N1CCC(N2Cc3ccccc3NC2=O)CC1)C(=O)OC. The number of allylic oxidation sites excluding steroid dienone is 2. The number of carbonyl (C=O) groups excluding carboxylic acids is 3. The summed E-state index contributed by atoms with van der Waals surface area (Å²) in [5.41, 5.74) is 6.83. The predicted molar refractivity (Wildman–Crippen MR) is 142 cm³/mol. The van der Waals surface area contributed by atoms with Gasteiger partial charge in [0.15, 0.2) is 0 Å². The monoisotopic (exact) mass is 508 g/mol. The minimum atomic E-state index is -0.800. The van der Waals surface area contributed by atoms with Gasteiger partial charge in [0, 0.05) is 37.8 Å². The number of ether oxygens (including phenoxy) is 1. The van der Waals surface area contributed by atoms with Crippen LogP contribution < -0.4 is 16.1 Å². The molecular weight excluding hydrogens is 472 g/mol. The Morgan fingerprint density at radius 3 is 2.76 bits per heavy atom. The standard InChI is InChI=1S/C27H36N6O4/c1-3-4-7-19(14-20-16-28-29-17-20)15-24(25(34)37-2)31-26(35)32-12-10-22(11-13-32)33-18-21-8-5-6-9-23(21)30-27(33)36/h5-9,14,16,22,24,29H,3-4,10-13,15,17-18H2,1-2H3,(H,30,36)(H,31,35)/b19-7+,20-14-. The average Bonchev–Trinajstić information content (AvgIpc) is 3.43. The molecule has 3 aliphatic rings. The molecule has 1 aromatic rings. The molecule has 10 nitrogen and oxygen atoms in total. The number of hydrogen-bond donors (Lipinski definition) is 3. The van der Waals surface area contributed by atoms with E-state index in [1.54, 1.807) is 11.1 Å². The van der Waals surface area contributed by atoms with Gasteiger partial charge in [-0.05, 0) is 42.0 Å². The third-order valence-electron chi connectivity index (χ3n) is 6.95. The lowest BCUT2D eigenvalue weighted by Crippen LogP contribution is -2.54. The van der Waals surface area contributed by atoms with Crippen molar-refractivity contribution in [2.24, 2.45) is 5.10 Å². The number of fused-ring (bicyclic) bond motifs is 1. The number of unbranched alkanes of at least 4 members (excludes halogenated alkanes) is 1. The molecule has 3 heterocycles. The van der Waals surface area contributed by atoms with Gasteiger partial charge in [0.25, 0.3) is 0 Å². The maximum atomic E-state index is 13.1. The number of hydrogen-bond acceptors (Lipinski definition) is 6. The predicted octanol–water partition coefficient (Wildman–Crippen LogP) is 3.38. The number of amides is 4. The number of esters is 1. The second-order valence-electron chi connectivity index (χ2n) is 9.54. The smallest absolute Gasteiger partial charge is 0.328 e. The fourth-order valence-corrected chi connectivity index (χ4v) is 4.88. The van der Waals surface area contributed by atoms with E-state index in [0.29, 0.717) is 45.4 Å². The second kappa shape index (κ2) is 12.4. The minimum absolute atomic E-state index is 0.0469. The van der Waals surface area contributed by atoms with Crippen LogP contribution in [0.2, 0.25) is 0 Å². The number of urea groups is 2. The number of benzene rings is 1. The van der Waals surface area contributed by atoms with Crippen LogP contribution in [-0.4, -0.2) is 72.9 Å². The highest BCUT2D eigenvalue weighted by atomic mass is 16.5. The van der Waals surface area contributed by atoms with Crippen molar-refractivity contribution in [2.75, 3.05) is 32.1 Å². The molecular formula is C27H36N6O4. The van der Waals surface area contributed by atoms with Crippen molar-refractivity contribution < 1.29 is 19.1 Å². The van der Waals surface area contributed by atoms with Gasteiger partial charge in [0.1, 0.15) is 6.04 Å². The van der Waals surface area contributed by atoms with Crippen LogP contribution in [0.5, 0.6) is 0 Å². The summed E-state index contributed by atoms with van der Waals surface area (Å²) < 4.78 is 5.00. The Kier molecular flexibility index (Phi) is 8.81. The fraction of sp³-hybridized carbons (Fsp3) is 0.481. The van der Waals surface area contributed by atoms with E-state index >= 15 is 0 Å². The van der Waals surface area contributed by atoms with Crippen molar-refractivity contribution in [3.8, 4) is 0 Å². The maximum Gasteiger partial charge on any atom is 0.328 e. The van der Waals surface area contributed by atoms with Crippen molar-refractivity contribution in [3.63, 3.8) is 0 Å². The molecule has 0 saturated carbocycles. The molecule has 0 radical (unpaired) electrons. The molecule has 3 N–H and O–H groups in total. The zero-order valence-electron chi connectivity index (χ0n) is 21.5. The molecule has 37 heavy (non-hydrogen) atoms. The van der Waals surface area contributed by atoms with Crippen molar-refractivity contribution >= 4 is 29.9 Å². The van der Waals surface area contributed by atoms with E-state index in [9.17, 15) is 14.4 Å². The topological polar surface area (TPSA) is 115 Å². The molecule has 198 valence electrons. The number of nitrogens with one attached hydrogen (secondary N) is 3. The summed E-state index contributed by atoms with van der Waals surface area (Å²) in [7, 11) is 1.33. The number of rotatable bonds is 8. The second-order valence-corrected chi connectivity index (χ2v) is 9.54. The van der Waals surface area contributed by atoms with E-state index in [-0.39, 0.29) is 18.1 Å². The molecule has 10 heteroatoms. The molecule has 4 rings (SSSR count). The Labute approximate surface area is 217 Å². The Morgan fingerprint density at radius 1 is 1.27 bits per heavy atom. The Bertz CT molecular complexity index is 1090. The summed E-state index contributed by atoms with van der Waals surface area (Å²) in [6.07, 6.45) is 9.38. The third kappa shape index (κ3) is 6.69. The number of likely N-dealkylation sites (tertiary alicyclic amines) is 1. The quantitative estimate of drug-likeness (QED) is 0.466. The number of nitrogens with zero attached hydrogens (tertiary/aromatic N) is 3. The number of hydrazone groups is 1. The molecule has 0 spiro atoms. The van der Waals surface area contributed by atoms with Crippen molar-refractivity contribution in [1.29, 1.82) is 0 Å². The van der Waals surface area contributed by atoms with E-state index in [1.165, 1.54) is 7.11 Å².